The van der Waals surface area contributed by atoms with Gasteiger partial charge in [0.2, 0.25) is 0 Å². The predicted molar refractivity (Wildman–Crippen MR) is 65.4 cm³/mol. The topological polar surface area (TPSA) is 44.1 Å². The van der Waals surface area contributed by atoms with E-state index >= 15 is 0 Å². The van der Waals surface area contributed by atoms with E-state index in [1.807, 2.05) is 0 Å². The van der Waals surface area contributed by atoms with Gasteiger partial charge in [-0.05, 0) is 12.8 Å². The third kappa shape index (κ3) is 2.69. The average Bonchev–Trinajstić information content (AvgIpc) is 2.95. The molecule has 1 fully saturated rings. The Morgan fingerprint density at radius 3 is 2.94 bits per heavy atom. The average molecular weight is 257 g/mol. The van der Waals surface area contributed by atoms with Crippen LogP contribution in [0.25, 0.3) is 0 Å². The molecule has 0 atom stereocenters. The third-order valence-corrected chi connectivity index (χ3v) is 3.54. The van der Waals surface area contributed by atoms with Crippen LogP contribution in [0, 0.1) is 5.92 Å². The van der Waals surface area contributed by atoms with E-state index in [0.29, 0.717) is 23.9 Å². The van der Waals surface area contributed by atoms with E-state index in [1.165, 1.54) is 0 Å². The lowest BCUT2D eigenvalue weighted by Gasteiger charge is -2.10. The second-order valence-corrected chi connectivity index (χ2v) is 4.81. The zero-order chi connectivity index (χ0) is 12.3. The highest BCUT2D eigenvalue weighted by atomic mass is 35.5. The molecule has 1 heterocycles. The third-order valence-electron chi connectivity index (χ3n) is 3.26. The van der Waals surface area contributed by atoms with Crippen LogP contribution in [-0.4, -0.2) is 29.3 Å². The lowest BCUT2D eigenvalue weighted by atomic mass is 10.0. The number of nitrogens with zero attached hydrogens (tertiary/aromatic N) is 2. The van der Waals surface area contributed by atoms with Crippen LogP contribution in [0.2, 0.25) is 5.02 Å². The van der Waals surface area contributed by atoms with Crippen LogP contribution in [0.4, 0.5) is 0 Å². The van der Waals surface area contributed by atoms with Gasteiger partial charge in [0.05, 0.1) is 24.4 Å². The molecule has 17 heavy (non-hydrogen) atoms. The molecule has 0 bridgehead atoms. The molecular formula is C12H17ClN2O2. The Morgan fingerprint density at radius 2 is 2.29 bits per heavy atom. The van der Waals surface area contributed by atoms with Crippen molar-refractivity contribution in [3.63, 3.8) is 0 Å². The van der Waals surface area contributed by atoms with Crippen LogP contribution < -0.4 is 0 Å². The maximum atomic E-state index is 12.3. The molecule has 4 nitrogen and oxygen atoms in total. The van der Waals surface area contributed by atoms with Crippen LogP contribution in [0.3, 0.4) is 0 Å². The van der Waals surface area contributed by atoms with Crippen LogP contribution in [-0.2, 0) is 11.3 Å². The van der Waals surface area contributed by atoms with Gasteiger partial charge >= 0.3 is 0 Å². The first-order valence-electron chi connectivity index (χ1n) is 5.98. The number of methoxy groups -OCH3 is 1. The number of hydrogen-bond donors (Lipinski definition) is 0. The summed E-state index contributed by atoms with van der Waals surface area (Å²) in [6.07, 6.45) is 5.77. The van der Waals surface area contributed by atoms with Gasteiger partial charge in [0.1, 0.15) is 5.69 Å². The van der Waals surface area contributed by atoms with Gasteiger partial charge in [0, 0.05) is 13.0 Å². The summed E-state index contributed by atoms with van der Waals surface area (Å²) in [6, 6.07) is 0. The molecule has 0 unspecified atom stereocenters. The molecule has 1 aliphatic rings. The summed E-state index contributed by atoms with van der Waals surface area (Å²) in [5, 5.41) is 4.59. The molecule has 5 heteroatoms. The number of rotatable bonds is 5. The summed E-state index contributed by atoms with van der Waals surface area (Å²) in [5.74, 6) is 0.270. The Bertz CT molecular complexity index is 397. The van der Waals surface area contributed by atoms with Gasteiger partial charge in [-0.2, -0.15) is 5.10 Å². The summed E-state index contributed by atoms with van der Waals surface area (Å²) in [4.78, 5) is 12.3. The molecular weight excluding hydrogens is 240 g/mol. The highest BCUT2D eigenvalue weighted by molar-refractivity contribution is 6.33. The number of carbonyl (C=O) groups excluding carboxylic acids is 1. The second kappa shape index (κ2) is 5.65. The standard InChI is InChI=1S/C12H17ClN2O2/c1-17-7-6-15-11(10(13)8-14-15)12(16)9-4-2-3-5-9/h8-9H,2-7H2,1H3. The first kappa shape index (κ1) is 12.6. The van der Waals surface area contributed by atoms with Gasteiger partial charge in [0.25, 0.3) is 0 Å². The Hall–Kier alpha value is -0.870. The molecule has 1 aromatic heterocycles. The SMILES string of the molecule is COCCn1ncc(Cl)c1C(=O)C1CCCC1. The van der Waals surface area contributed by atoms with Gasteiger partial charge in [-0.15, -0.1) is 0 Å². The predicted octanol–water partition coefficient (Wildman–Crippen LogP) is 2.56. The first-order valence-corrected chi connectivity index (χ1v) is 6.36. The summed E-state index contributed by atoms with van der Waals surface area (Å²) in [7, 11) is 1.63. The minimum absolute atomic E-state index is 0.130. The second-order valence-electron chi connectivity index (χ2n) is 4.40. The number of Topliss-reactive ketones (excluding diaryl/α,β-unsaturated/α-hetero) is 1. The van der Waals surface area contributed by atoms with Crippen molar-refractivity contribution in [2.45, 2.75) is 32.2 Å². The zero-order valence-corrected chi connectivity index (χ0v) is 10.7. The molecule has 0 aliphatic heterocycles. The van der Waals surface area contributed by atoms with Crippen molar-refractivity contribution in [1.29, 1.82) is 0 Å². The molecule has 0 radical (unpaired) electrons. The van der Waals surface area contributed by atoms with Crippen molar-refractivity contribution >= 4 is 17.4 Å². The van der Waals surface area contributed by atoms with Gasteiger partial charge in [-0.1, -0.05) is 24.4 Å². The molecule has 94 valence electrons. The monoisotopic (exact) mass is 256 g/mol. The molecule has 0 aromatic carbocycles. The van der Waals surface area contributed by atoms with E-state index in [2.05, 4.69) is 5.10 Å². The number of ether oxygens (including phenoxy) is 1. The van der Waals surface area contributed by atoms with Crippen molar-refractivity contribution in [3.8, 4) is 0 Å². The number of ketones is 1. The van der Waals surface area contributed by atoms with Gasteiger partial charge < -0.3 is 4.74 Å². The fourth-order valence-electron chi connectivity index (χ4n) is 2.34. The van der Waals surface area contributed by atoms with Crippen molar-refractivity contribution in [2.24, 2.45) is 5.92 Å². The quantitative estimate of drug-likeness (QED) is 0.761. The maximum absolute atomic E-state index is 12.3. The molecule has 2 rings (SSSR count). The van der Waals surface area contributed by atoms with E-state index in [-0.39, 0.29) is 11.7 Å². The number of hydrogen-bond acceptors (Lipinski definition) is 3. The van der Waals surface area contributed by atoms with Gasteiger partial charge in [-0.3, -0.25) is 9.48 Å². The molecule has 0 N–H and O–H groups in total. The van der Waals surface area contributed by atoms with Crippen LogP contribution in [0.15, 0.2) is 6.20 Å². The van der Waals surface area contributed by atoms with Gasteiger partial charge in [-0.25, -0.2) is 0 Å². The fourth-order valence-corrected chi connectivity index (χ4v) is 2.57. The van der Waals surface area contributed by atoms with Crippen LogP contribution >= 0.6 is 11.6 Å². The first-order chi connectivity index (χ1) is 8.24. The Morgan fingerprint density at radius 1 is 1.59 bits per heavy atom. The number of halogens is 1. The maximum Gasteiger partial charge on any atom is 0.185 e. The normalized spacial score (nSPS) is 16.6. The summed E-state index contributed by atoms with van der Waals surface area (Å²) in [5.41, 5.74) is 0.551. The summed E-state index contributed by atoms with van der Waals surface area (Å²) < 4.78 is 6.66. The Kier molecular flexibility index (Phi) is 4.18. The number of carbonyl (C=O) groups is 1. The van der Waals surface area contributed by atoms with Gasteiger partial charge in [0.15, 0.2) is 5.78 Å². The number of aromatic nitrogens is 2. The van der Waals surface area contributed by atoms with E-state index < -0.39 is 0 Å². The molecule has 0 amide bonds. The molecule has 1 aromatic rings. The van der Waals surface area contributed by atoms with E-state index in [4.69, 9.17) is 16.3 Å². The zero-order valence-electron chi connectivity index (χ0n) is 9.99. The highest BCUT2D eigenvalue weighted by Gasteiger charge is 2.28. The lowest BCUT2D eigenvalue weighted by molar-refractivity contribution is 0.0908. The van der Waals surface area contributed by atoms with Crippen molar-refractivity contribution in [1.82, 2.24) is 9.78 Å². The smallest absolute Gasteiger partial charge is 0.185 e. The van der Waals surface area contributed by atoms with Crippen LogP contribution in [0.5, 0.6) is 0 Å². The van der Waals surface area contributed by atoms with Crippen molar-refractivity contribution in [3.05, 3.63) is 16.9 Å². The van der Waals surface area contributed by atoms with E-state index in [0.717, 1.165) is 25.7 Å². The minimum atomic E-state index is 0.130. The molecule has 1 saturated carbocycles. The molecule has 0 saturated heterocycles. The van der Waals surface area contributed by atoms with E-state index in [9.17, 15) is 4.79 Å². The van der Waals surface area contributed by atoms with E-state index in [1.54, 1.807) is 18.0 Å². The molecule has 0 spiro atoms. The fraction of sp³-hybridized carbons (Fsp3) is 0.667. The molecule has 1 aliphatic carbocycles. The highest BCUT2D eigenvalue weighted by Crippen LogP contribution is 2.30. The van der Waals surface area contributed by atoms with Crippen molar-refractivity contribution < 1.29 is 9.53 Å². The summed E-state index contributed by atoms with van der Waals surface area (Å²) >= 11 is 6.05. The summed E-state index contributed by atoms with van der Waals surface area (Å²) in [6.45, 7) is 1.10. The van der Waals surface area contributed by atoms with Crippen LogP contribution in [0.1, 0.15) is 36.2 Å². The van der Waals surface area contributed by atoms with Crippen molar-refractivity contribution in [2.75, 3.05) is 13.7 Å². The largest absolute Gasteiger partial charge is 0.383 e. The Labute approximate surface area is 106 Å². The lowest BCUT2D eigenvalue weighted by Crippen LogP contribution is -2.19. The Balaban J connectivity index is 2.17. The minimum Gasteiger partial charge on any atom is -0.383 e.